The summed E-state index contributed by atoms with van der Waals surface area (Å²) in [4.78, 5) is 30.7. The topological polar surface area (TPSA) is 74.9 Å². The largest absolute Gasteiger partial charge is 0.477 e. The lowest BCUT2D eigenvalue weighted by Crippen LogP contribution is -2.30. The molecule has 1 aliphatic heterocycles. The minimum atomic E-state index is -1.20. The molecule has 0 atom stereocenters. The van der Waals surface area contributed by atoms with Gasteiger partial charge in [-0.15, -0.1) is 0 Å². The molecule has 0 spiro atoms. The highest BCUT2D eigenvalue weighted by molar-refractivity contribution is 5.88. The van der Waals surface area contributed by atoms with Crippen molar-refractivity contribution in [2.24, 2.45) is 0 Å². The fraction of sp³-hybridized carbons (Fsp3) is 0.174. The van der Waals surface area contributed by atoms with Gasteiger partial charge in [0.05, 0.1) is 11.2 Å². The van der Waals surface area contributed by atoms with E-state index in [1.54, 1.807) is 18.3 Å². The molecule has 0 amide bonds. The molecule has 29 heavy (non-hydrogen) atoms. The fourth-order valence-electron chi connectivity index (χ4n) is 3.65. The molecule has 0 saturated heterocycles. The predicted molar refractivity (Wildman–Crippen MR) is 113 cm³/mol. The highest BCUT2D eigenvalue weighted by Gasteiger charge is 2.18. The molecule has 6 heteroatoms. The first-order chi connectivity index (χ1) is 14.1. The zero-order valence-electron chi connectivity index (χ0n) is 15.9. The fourth-order valence-corrected chi connectivity index (χ4v) is 3.65. The Morgan fingerprint density at radius 3 is 2.79 bits per heavy atom. The number of carboxylic acids is 1. The third kappa shape index (κ3) is 3.75. The van der Waals surface area contributed by atoms with E-state index in [0.29, 0.717) is 6.54 Å². The van der Waals surface area contributed by atoms with Gasteiger partial charge in [0.2, 0.25) is 0 Å². The molecule has 4 heterocycles. The van der Waals surface area contributed by atoms with Crippen LogP contribution in [0.2, 0.25) is 0 Å². The molecule has 0 radical (unpaired) electrons. The summed E-state index contributed by atoms with van der Waals surface area (Å²) in [7, 11) is 0. The lowest BCUT2D eigenvalue weighted by Gasteiger charge is -2.26. The molecule has 146 valence electrons. The average Bonchev–Trinajstić information content (AvgIpc) is 2.76. The summed E-state index contributed by atoms with van der Waals surface area (Å²) in [5.74, 6) is -1.20. The van der Waals surface area contributed by atoms with Crippen LogP contribution in [0.3, 0.4) is 0 Å². The Hall–Kier alpha value is -3.51. The van der Waals surface area contributed by atoms with Gasteiger partial charge in [-0.2, -0.15) is 0 Å². The Morgan fingerprint density at radius 1 is 1.28 bits per heavy atom. The van der Waals surface area contributed by atoms with Gasteiger partial charge in [-0.25, -0.2) is 4.79 Å². The second-order valence-electron chi connectivity index (χ2n) is 7.04. The first-order valence-corrected chi connectivity index (χ1v) is 9.43. The molecule has 6 nitrogen and oxygen atoms in total. The van der Waals surface area contributed by atoms with E-state index >= 15 is 0 Å². The summed E-state index contributed by atoms with van der Waals surface area (Å²) in [6.45, 7) is 5.89. The molecule has 0 unspecified atom stereocenters. The summed E-state index contributed by atoms with van der Waals surface area (Å²) in [5, 5.41) is 9.40. The summed E-state index contributed by atoms with van der Waals surface area (Å²) in [6.07, 6.45) is 8.22. The van der Waals surface area contributed by atoms with E-state index in [9.17, 15) is 14.7 Å². The van der Waals surface area contributed by atoms with Crippen molar-refractivity contribution in [3.63, 3.8) is 0 Å². The number of carbonyl (C=O) groups is 1. The lowest BCUT2D eigenvalue weighted by molar-refractivity contribution is 0.0694. The van der Waals surface area contributed by atoms with Gasteiger partial charge in [0.25, 0.3) is 5.56 Å². The summed E-state index contributed by atoms with van der Waals surface area (Å²) in [6, 6.07) is 10.9. The van der Waals surface area contributed by atoms with Crippen LogP contribution in [0.15, 0.2) is 66.2 Å². The quantitative estimate of drug-likeness (QED) is 0.727. The summed E-state index contributed by atoms with van der Waals surface area (Å²) >= 11 is 0. The molecular formula is C23H21N3O3. The van der Waals surface area contributed by atoms with Crippen molar-refractivity contribution < 1.29 is 9.90 Å². The molecular weight excluding hydrogens is 366 g/mol. The van der Waals surface area contributed by atoms with Gasteiger partial charge in [0, 0.05) is 32.0 Å². The molecule has 1 N–H and O–H groups in total. The molecule has 0 aromatic carbocycles. The Kier molecular flexibility index (Phi) is 5.10. The van der Waals surface area contributed by atoms with E-state index in [0.717, 1.165) is 41.8 Å². The Labute approximate surface area is 168 Å². The van der Waals surface area contributed by atoms with E-state index in [4.69, 9.17) is 0 Å². The smallest absolute Gasteiger partial charge is 0.341 e. The third-order valence-electron chi connectivity index (χ3n) is 5.23. The third-order valence-corrected chi connectivity index (χ3v) is 5.23. The van der Waals surface area contributed by atoms with E-state index < -0.39 is 11.5 Å². The van der Waals surface area contributed by atoms with Crippen LogP contribution in [-0.4, -0.2) is 38.4 Å². The minimum Gasteiger partial charge on any atom is -0.477 e. The van der Waals surface area contributed by atoms with Crippen LogP contribution in [0, 0.1) is 0 Å². The van der Waals surface area contributed by atoms with Crippen LogP contribution in [0.4, 0.5) is 0 Å². The van der Waals surface area contributed by atoms with Crippen LogP contribution in [0.1, 0.15) is 33.6 Å². The molecule has 3 aromatic heterocycles. The van der Waals surface area contributed by atoms with Crippen molar-refractivity contribution in [3.8, 4) is 0 Å². The number of nitrogens with zero attached hydrogens (tertiary/aromatic N) is 3. The molecule has 0 saturated carbocycles. The Morgan fingerprint density at radius 2 is 2.14 bits per heavy atom. The zero-order chi connectivity index (χ0) is 20.4. The molecule has 1 aliphatic rings. The first-order valence-electron chi connectivity index (χ1n) is 9.43. The van der Waals surface area contributed by atoms with Gasteiger partial charge < -0.3 is 5.11 Å². The van der Waals surface area contributed by atoms with E-state index in [2.05, 4.69) is 22.5 Å². The second kappa shape index (κ2) is 7.85. The van der Waals surface area contributed by atoms with Crippen molar-refractivity contribution in [2.45, 2.75) is 13.0 Å². The van der Waals surface area contributed by atoms with Gasteiger partial charge in [0.1, 0.15) is 5.56 Å². The number of aromatic nitrogens is 2. The summed E-state index contributed by atoms with van der Waals surface area (Å²) in [5.41, 5.74) is 4.02. The van der Waals surface area contributed by atoms with E-state index in [1.807, 2.05) is 30.5 Å². The monoisotopic (exact) mass is 387 g/mol. The van der Waals surface area contributed by atoms with Crippen molar-refractivity contribution >= 4 is 23.1 Å². The van der Waals surface area contributed by atoms with Gasteiger partial charge in [-0.3, -0.25) is 19.1 Å². The van der Waals surface area contributed by atoms with E-state index in [1.165, 1.54) is 16.0 Å². The Balaban J connectivity index is 1.59. The van der Waals surface area contributed by atoms with Crippen molar-refractivity contribution in [3.05, 3.63) is 94.2 Å². The highest BCUT2D eigenvalue weighted by atomic mass is 16.4. The number of rotatable bonds is 5. The van der Waals surface area contributed by atoms with Crippen LogP contribution in [0.5, 0.6) is 0 Å². The Bertz CT molecular complexity index is 1180. The summed E-state index contributed by atoms with van der Waals surface area (Å²) < 4.78 is 1.41. The van der Waals surface area contributed by atoms with Gasteiger partial charge in [0.15, 0.2) is 0 Å². The molecule has 3 aromatic rings. The van der Waals surface area contributed by atoms with Crippen LogP contribution in [0.25, 0.3) is 17.2 Å². The minimum absolute atomic E-state index is 0.205. The number of carboxylic acid groups (broad SMARTS) is 1. The molecule has 0 fully saturated rings. The standard InChI is InChI=1S/C23H21N3O3/c1-2-16-6-7-20(24-14-16)17-8-11-25(12-9-17)15-18-13-19(23(28)29)22(27)26-10-4-3-5-21(18)26/h2-8,10,13-14H,1,9,11-12,15H2,(H,28,29). The number of aromatic carboxylic acids is 1. The predicted octanol–water partition coefficient (Wildman–Crippen LogP) is 3.33. The maximum absolute atomic E-state index is 12.4. The van der Waals surface area contributed by atoms with Crippen LogP contribution in [-0.2, 0) is 6.54 Å². The van der Waals surface area contributed by atoms with Crippen molar-refractivity contribution in [1.82, 2.24) is 14.3 Å². The first kappa shape index (κ1) is 18.8. The number of pyridine rings is 3. The number of hydrogen-bond donors (Lipinski definition) is 1. The zero-order valence-corrected chi connectivity index (χ0v) is 15.9. The van der Waals surface area contributed by atoms with Gasteiger partial charge in [-0.1, -0.05) is 30.9 Å². The SMILES string of the molecule is C=Cc1ccc(C2=CCN(Cc3cc(C(=O)O)c(=O)n4ccccc34)CC2)nc1. The lowest BCUT2D eigenvalue weighted by atomic mass is 10.0. The van der Waals surface area contributed by atoms with Gasteiger partial charge >= 0.3 is 5.97 Å². The average molecular weight is 387 g/mol. The van der Waals surface area contributed by atoms with E-state index in [-0.39, 0.29) is 5.56 Å². The maximum atomic E-state index is 12.4. The molecule has 0 aliphatic carbocycles. The van der Waals surface area contributed by atoms with Crippen molar-refractivity contribution in [2.75, 3.05) is 13.1 Å². The molecule has 4 rings (SSSR count). The van der Waals surface area contributed by atoms with Gasteiger partial charge in [-0.05, 0) is 47.4 Å². The molecule has 0 bridgehead atoms. The normalized spacial score (nSPS) is 14.6. The highest BCUT2D eigenvalue weighted by Crippen LogP contribution is 2.23. The maximum Gasteiger partial charge on any atom is 0.341 e. The van der Waals surface area contributed by atoms with Crippen LogP contribution >= 0.6 is 0 Å². The second-order valence-corrected chi connectivity index (χ2v) is 7.04. The van der Waals surface area contributed by atoms with Crippen LogP contribution < -0.4 is 5.56 Å². The number of fused-ring (bicyclic) bond motifs is 1. The number of hydrogen-bond acceptors (Lipinski definition) is 4. The van der Waals surface area contributed by atoms with Crippen molar-refractivity contribution in [1.29, 1.82) is 0 Å².